The molecular formula is C13H18N6OS. The highest BCUT2D eigenvalue weighted by Gasteiger charge is 2.28. The van der Waals surface area contributed by atoms with Gasteiger partial charge in [0, 0.05) is 18.7 Å². The summed E-state index contributed by atoms with van der Waals surface area (Å²) in [6.07, 6.45) is 3.12. The number of anilines is 1. The number of hydrogen-bond acceptors (Lipinski definition) is 6. The summed E-state index contributed by atoms with van der Waals surface area (Å²) in [5.74, 6) is 1.51. The summed E-state index contributed by atoms with van der Waals surface area (Å²) >= 11 is 1.39. The molecule has 1 saturated carbocycles. The van der Waals surface area contributed by atoms with Crippen LogP contribution in [0.25, 0.3) is 0 Å². The van der Waals surface area contributed by atoms with Gasteiger partial charge >= 0.3 is 5.69 Å². The van der Waals surface area contributed by atoms with Crippen molar-refractivity contribution in [3.63, 3.8) is 0 Å². The highest BCUT2D eigenvalue weighted by molar-refractivity contribution is 7.99. The predicted molar refractivity (Wildman–Crippen MR) is 80.8 cm³/mol. The number of H-pyrrole nitrogens is 1. The second-order valence-corrected chi connectivity index (χ2v) is 6.07. The minimum absolute atomic E-state index is 0.143. The first-order chi connectivity index (χ1) is 10.2. The summed E-state index contributed by atoms with van der Waals surface area (Å²) in [6.45, 7) is 4.84. The third-order valence-electron chi connectivity index (χ3n) is 3.15. The van der Waals surface area contributed by atoms with Gasteiger partial charge in [0.05, 0.1) is 0 Å². The lowest BCUT2D eigenvalue weighted by molar-refractivity contribution is 0.642. The Hall–Kier alpha value is -1.83. The van der Waals surface area contributed by atoms with Crippen molar-refractivity contribution in [3.8, 4) is 0 Å². The van der Waals surface area contributed by atoms with E-state index >= 15 is 0 Å². The van der Waals surface area contributed by atoms with E-state index in [1.54, 1.807) is 4.57 Å². The van der Waals surface area contributed by atoms with Gasteiger partial charge in [-0.05, 0) is 37.9 Å². The van der Waals surface area contributed by atoms with Crippen LogP contribution in [0.4, 0.5) is 5.82 Å². The Bertz CT molecular complexity index is 690. The molecule has 2 aromatic heterocycles. The number of nitrogens with zero attached hydrogens (tertiary/aromatic N) is 4. The largest absolute Gasteiger partial charge is 0.370 e. The van der Waals surface area contributed by atoms with Crippen LogP contribution in [-0.2, 0) is 0 Å². The summed E-state index contributed by atoms with van der Waals surface area (Å²) < 4.78 is 1.72. The molecule has 1 aliphatic carbocycles. The van der Waals surface area contributed by atoms with Crippen molar-refractivity contribution >= 4 is 17.6 Å². The van der Waals surface area contributed by atoms with E-state index in [2.05, 4.69) is 32.4 Å². The molecule has 0 unspecified atom stereocenters. The SMILES string of the molecule is CCCNc1cc(Sc2n[nH]c(=O)n2C2CC2)nc(C)n1. The monoisotopic (exact) mass is 306 g/mol. The third kappa shape index (κ3) is 3.26. The first-order valence-electron chi connectivity index (χ1n) is 7.11. The summed E-state index contributed by atoms with van der Waals surface area (Å²) in [5, 5.41) is 11.3. The maximum absolute atomic E-state index is 11.8. The number of nitrogens with one attached hydrogen (secondary N) is 2. The van der Waals surface area contributed by atoms with Crippen molar-refractivity contribution < 1.29 is 0 Å². The van der Waals surface area contributed by atoms with Gasteiger partial charge in [0.2, 0.25) is 0 Å². The number of aryl methyl sites for hydroxylation is 1. The Balaban J connectivity index is 1.84. The fraction of sp³-hybridized carbons (Fsp3) is 0.538. The van der Waals surface area contributed by atoms with Gasteiger partial charge in [-0.25, -0.2) is 19.9 Å². The second-order valence-electron chi connectivity index (χ2n) is 5.08. The maximum Gasteiger partial charge on any atom is 0.344 e. The summed E-state index contributed by atoms with van der Waals surface area (Å²) in [5.41, 5.74) is -0.143. The maximum atomic E-state index is 11.8. The number of rotatable bonds is 6. The minimum Gasteiger partial charge on any atom is -0.370 e. The average molecular weight is 306 g/mol. The molecule has 112 valence electrons. The molecule has 2 N–H and O–H groups in total. The van der Waals surface area contributed by atoms with E-state index in [9.17, 15) is 4.79 Å². The zero-order chi connectivity index (χ0) is 14.8. The Kier molecular flexibility index (Phi) is 3.96. The quantitative estimate of drug-likeness (QED) is 0.793. The topological polar surface area (TPSA) is 88.5 Å². The van der Waals surface area contributed by atoms with E-state index in [0.29, 0.717) is 17.0 Å². The first kappa shape index (κ1) is 14.1. The van der Waals surface area contributed by atoms with Gasteiger partial charge in [0.1, 0.15) is 16.7 Å². The number of aromatic nitrogens is 5. The van der Waals surface area contributed by atoms with Gasteiger partial charge < -0.3 is 5.32 Å². The van der Waals surface area contributed by atoms with E-state index in [0.717, 1.165) is 36.7 Å². The molecule has 7 nitrogen and oxygen atoms in total. The minimum atomic E-state index is -0.143. The van der Waals surface area contributed by atoms with Crippen LogP contribution < -0.4 is 11.0 Å². The number of hydrogen-bond donors (Lipinski definition) is 2. The van der Waals surface area contributed by atoms with Crippen LogP contribution in [0.15, 0.2) is 21.0 Å². The third-order valence-corrected chi connectivity index (χ3v) is 4.04. The molecule has 8 heteroatoms. The van der Waals surface area contributed by atoms with Gasteiger partial charge in [-0.3, -0.25) is 4.57 Å². The Morgan fingerprint density at radius 3 is 3.00 bits per heavy atom. The van der Waals surface area contributed by atoms with Crippen LogP contribution in [0.3, 0.4) is 0 Å². The normalized spacial score (nSPS) is 14.4. The lowest BCUT2D eigenvalue weighted by Gasteiger charge is -2.07. The molecule has 0 bridgehead atoms. The van der Waals surface area contributed by atoms with E-state index in [-0.39, 0.29) is 5.69 Å². The molecule has 2 heterocycles. The standard InChI is InChI=1S/C13H18N6OS/c1-3-6-14-10-7-11(16-8(2)15-10)21-13-18-17-12(20)19(13)9-4-5-9/h7,9H,3-6H2,1-2H3,(H,17,20)(H,14,15,16). The molecule has 0 spiro atoms. The zero-order valence-corrected chi connectivity index (χ0v) is 12.9. The van der Waals surface area contributed by atoms with Crippen LogP contribution in [0.5, 0.6) is 0 Å². The molecular weight excluding hydrogens is 288 g/mol. The number of aromatic amines is 1. The van der Waals surface area contributed by atoms with E-state index < -0.39 is 0 Å². The Labute approximate surface area is 126 Å². The van der Waals surface area contributed by atoms with Crippen molar-refractivity contribution in [1.29, 1.82) is 0 Å². The summed E-state index contributed by atoms with van der Waals surface area (Å²) in [6, 6.07) is 2.18. The molecule has 0 atom stereocenters. The Morgan fingerprint density at radius 2 is 2.29 bits per heavy atom. The fourth-order valence-electron chi connectivity index (χ4n) is 2.05. The molecule has 21 heavy (non-hydrogen) atoms. The van der Waals surface area contributed by atoms with Gasteiger partial charge in [-0.2, -0.15) is 0 Å². The van der Waals surface area contributed by atoms with Crippen LogP contribution >= 0.6 is 11.8 Å². The van der Waals surface area contributed by atoms with E-state index in [4.69, 9.17) is 0 Å². The second kappa shape index (κ2) is 5.88. The van der Waals surface area contributed by atoms with Crippen molar-refractivity contribution in [2.45, 2.75) is 49.3 Å². The molecule has 0 aliphatic heterocycles. The molecule has 0 saturated heterocycles. The summed E-state index contributed by atoms with van der Waals surface area (Å²) in [4.78, 5) is 20.5. The molecule has 2 aromatic rings. The first-order valence-corrected chi connectivity index (χ1v) is 7.93. The van der Waals surface area contributed by atoms with Gasteiger partial charge in [-0.1, -0.05) is 6.92 Å². The highest BCUT2D eigenvalue weighted by atomic mass is 32.2. The van der Waals surface area contributed by atoms with Crippen molar-refractivity contribution in [1.82, 2.24) is 24.7 Å². The van der Waals surface area contributed by atoms with Crippen LogP contribution in [0.1, 0.15) is 38.1 Å². The van der Waals surface area contributed by atoms with Gasteiger partial charge in [0.25, 0.3) is 0 Å². The van der Waals surface area contributed by atoms with Gasteiger partial charge in [0.15, 0.2) is 5.16 Å². The van der Waals surface area contributed by atoms with Crippen LogP contribution in [0.2, 0.25) is 0 Å². The predicted octanol–water partition coefficient (Wildman–Crippen LogP) is 1.98. The molecule has 0 radical (unpaired) electrons. The van der Waals surface area contributed by atoms with E-state index in [1.165, 1.54) is 11.8 Å². The van der Waals surface area contributed by atoms with Crippen LogP contribution in [0, 0.1) is 6.92 Å². The van der Waals surface area contributed by atoms with Crippen molar-refractivity contribution in [3.05, 3.63) is 22.4 Å². The molecule has 1 fully saturated rings. The Morgan fingerprint density at radius 1 is 1.48 bits per heavy atom. The fourth-order valence-corrected chi connectivity index (χ4v) is 3.00. The lowest BCUT2D eigenvalue weighted by atomic mass is 10.4. The smallest absolute Gasteiger partial charge is 0.344 e. The van der Waals surface area contributed by atoms with Crippen molar-refractivity contribution in [2.75, 3.05) is 11.9 Å². The zero-order valence-electron chi connectivity index (χ0n) is 12.1. The lowest BCUT2D eigenvalue weighted by Crippen LogP contribution is -2.16. The van der Waals surface area contributed by atoms with Crippen LogP contribution in [-0.4, -0.2) is 31.3 Å². The molecule has 3 rings (SSSR count). The molecule has 1 aliphatic rings. The molecule has 0 aromatic carbocycles. The summed E-state index contributed by atoms with van der Waals surface area (Å²) in [7, 11) is 0. The average Bonchev–Trinajstić information content (AvgIpc) is 3.21. The van der Waals surface area contributed by atoms with Gasteiger partial charge in [-0.15, -0.1) is 5.10 Å². The van der Waals surface area contributed by atoms with E-state index in [1.807, 2.05) is 13.0 Å². The highest BCUT2D eigenvalue weighted by Crippen LogP contribution is 2.37. The van der Waals surface area contributed by atoms with Crippen molar-refractivity contribution in [2.24, 2.45) is 0 Å². The molecule has 0 amide bonds.